The van der Waals surface area contributed by atoms with Crippen molar-refractivity contribution in [2.45, 2.75) is 69.5 Å². The molecule has 7 atom stereocenters. The second-order valence-corrected chi connectivity index (χ2v) is 17.6. The Morgan fingerprint density at radius 3 is 2.75 bits per heavy atom. The summed E-state index contributed by atoms with van der Waals surface area (Å²) < 4.78 is 40.8. The van der Waals surface area contributed by atoms with Crippen LogP contribution in [-0.4, -0.2) is 82.8 Å². The van der Waals surface area contributed by atoms with Crippen LogP contribution in [-0.2, 0) is 33.5 Å². The van der Waals surface area contributed by atoms with Crippen LogP contribution in [0.15, 0.2) is 47.0 Å². The summed E-state index contributed by atoms with van der Waals surface area (Å²) in [5.74, 6) is -0.704. The van der Waals surface area contributed by atoms with Gasteiger partial charge < -0.3 is 24.2 Å². The van der Waals surface area contributed by atoms with Crippen molar-refractivity contribution < 1.29 is 33.1 Å². The zero-order valence-electron chi connectivity index (χ0n) is 30.2. The molecule has 2 aromatic carbocycles. The predicted molar refractivity (Wildman–Crippen MR) is 199 cm³/mol. The molecule has 1 aromatic heterocycles. The van der Waals surface area contributed by atoms with Crippen LogP contribution in [0.3, 0.4) is 0 Å². The summed E-state index contributed by atoms with van der Waals surface area (Å²) in [6.45, 7) is 3.69. The number of hydrogen-bond acceptors (Lipinski definition) is 9. The monoisotopic (exact) mass is 753 g/mol. The maximum absolute atomic E-state index is 14.6. The van der Waals surface area contributed by atoms with Gasteiger partial charge in [-0.1, -0.05) is 24.6 Å². The summed E-state index contributed by atoms with van der Waals surface area (Å²) in [4.78, 5) is 29.9. The molecule has 2 aliphatic carbocycles. The quantitative estimate of drug-likeness (QED) is 0.361. The smallest absolute Gasteiger partial charge is 0.286 e. The van der Waals surface area contributed by atoms with Crippen molar-refractivity contribution >= 4 is 39.0 Å². The van der Waals surface area contributed by atoms with Gasteiger partial charge in [0.1, 0.15) is 21.2 Å². The van der Waals surface area contributed by atoms with Gasteiger partial charge >= 0.3 is 0 Å². The lowest BCUT2D eigenvalue weighted by Crippen LogP contribution is -2.50. The predicted octanol–water partition coefficient (Wildman–Crippen LogP) is 5.34. The summed E-state index contributed by atoms with van der Waals surface area (Å²) >= 11 is 6.45. The first-order chi connectivity index (χ1) is 24.9. The highest BCUT2D eigenvalue weighted by molar-refractivity contribution is 7.92. The SMILES string of the molecule is COc1nn(C)cc1C(=O)N[S@@]1(=O)=NC(=O)c2ccc3c(c2)N(C[C@@H]2CC[C@H]2[C@@H](OC)C[C@@H](O)C[C@H](C)C1)C[C@@]1(CCCc2cc(Cl)ccc21)CO3. The normalized spacial score (nSPS) is 30.5. The molecule has 1 fully saturated rings. The molecule has 2 amide bonds. The third-order valence-electron chi connectivity index (χ3n) is 11.4. The molecule has 280 valence electrons. The summed E-state index contributed by atoms with van der Waals surface area (Å²) in [6.07, 6.45) is 6.16. The molecule has 2 bridgehead atoms. The minimum absolute atomic E-state index is 0.0539. The van der Waals surface area contributed by atoms with E-state index in [1.54, 1.807) is 32.4 Å². The van der Waals surface area contributed by atoms with E-state index in [2.05, 4.69) is 31.2 Å². The highest BCUT2D eigenvalue weighted by Crippen LogP contribution is 2.47. The van der Waals surface area contributed by atoms with Crippen LogP contribution in [0.2, 0.25) is 5.02 Å². The van der Waals surface area contributed by atoms with Crippen LogP contribution < -0.4 is 19.1 Å². The molecular weight excluding hydrogens is 706 g/mol. The van der Waals surface area contributed by atoms with Crippen molar-refractivity contribution in [2.75, 3.05) is 44.6 Å². The fourth-order valence-electron chi connectivity index (χ4n) is 8.83. The summed E-state index contributed by atoms with van der Waals surface area (Å²) in [5.41, 5.74) is 3.25. The first-order valence-electron chi connectivity index (χ1n) is 18.1. The second-order valence-electron chi connectivity index (χ2n) is 15.2. The number of amides is 2. The number of carbonyl (C=O) groups excluding carboxylic acids is 2. The van der Waals surface area contributed by atoms with E-state index >= 15 is 0 Å². The van der Waals surface area contributed by atoms with Crippen LogP contribution in [0.4, 0.5) is 5.69 Å². The van der Waals surface area contributed by atoms with Gasteiger partial charge in [0.05, 0.1) is 37.4 Å². The van der Waals surface area contributed by atoms with Gasteiger partial charge in [0.15, 0.2) is 0 Å². The number of nitrogens with zero attached hydrogens (tertiary/aromatic N) is 4. The molecule has 3 heterocycles. The average molecular weight is 754 g/mol. The van der Waals surface area contributed by atoms with Crippen LogP contribution in [0.5, 0.6) is 11.6 Å². The number of aryl methyl sites for hydroxylation is 2. The largest absolute Gasteiger partial charge is 0.490 e. The Hall–Kier alpha value is -3.65. The van der Waals surface area contributed by atoms with Gasteiger partial charge in [0.25, 0.3) is 11.8 Å². The molecule has 0 radical (unpaired) electrons. The van der Waals surface area contributed by atoms with E-state index in [0.717, 1.165) is 42.8 Å². The van der Waals surface area contributed by atoms with Crippen LogP contribution in [0, 0.1) is 17.8 Å². The van der Waals surface area contributed by atoms with Crippen molar-refractivity contribution in [3.63, 3.8) is 0 Å². The number of aliphatic hydroxyl groups is 1. The molecule has 0 saturated heterocycles. The number of rotatable bonds is 4. The molecule has 12 nitrogen and oxygen atoms in total. The molecule has 7 rings (SSSR count). The molecule has 2 aliphatic heterocycles. The number of nitrogens with one attached hydrogen (secondary N) is 1. The van der Waals surface area contributed by atoms with Crippen LogP contribution >= 0.6 is 11.6 Å². The zero-order chi connectivity index (χ0) is 36.8. The first-order valence-corrected chi connectivity index (χ1v) is 20.2. The van der Waals surface area contributed by atoms with Gasteiger partial charge in [0.2, 0.25) is 5.88 Å². The van der Waals surface area contributed by atoms with Gasteiger partial charge in [-0.3, -0.25) is 19.0 Å². The average Bonchev–Trinajstić information content (AvgIpc) is 3.40. The van der Waals surface area contributed by atoms with E-state index < -0.39 is 27.8 Å². The standard InChI is InChI=1S/C38H48ClN5O7S/c1-23-14-28(45)17-34(49-3)29-10-7-26(29)18-44-21-38(13-5-6-24-15-27(39)9-11-31(24)38)22-51-33-12-8-25(16-32(33)44)35(46)41-52(48,20-23)42-36(47)30-19-43(2)40-37(30)50-4/h8-9,11-12,15-16,19,23,26,28-29,34,45H,5-7,10,13-14,17-18,20-22H2,1-4H3,(H,41,42,46,47,48)/t23-,26-,28-,29+,34-,38-,52-/m0/s1. The van der Waals surface area contributed by atoms with E-state index in [1.165, 1.54) is 29.1 Å². The van der Waals surface area contributed by atoms with Crippen LogP contribution in [0.1, 0.15) is 77.3 Å². The molecular formula is C38H48ClN5O7S. The summed E-state index contributed by atoms with van der Waals surface area (Å²) in [7, 11) is 1.03. The molecule has 4 aliphatic rings. The summed E-state index contributed by atoms with van der Waals surface area (Å²) in [6, 6.07) is 11.4. The van der Waals surface area contributed by atoms with E-state index in [-0.39, 0.29) is 52.5 Å². The Labute approximate surface area is 310 Å². The van der Waals surface area contributed by atoms with Crippen molar-refractivity contribution in [1.82, 2.24) is 14.5 Å². The van der Waals surface area contributed by atoms with E-state index in [9.17, 15) is 18.9 Å². The van der Waals surface area contributed by atoms with Crippen molar-refractivity contribution in [3.8, 4) is 11.6 Å². The lowest BCUT2D eigenvalue weighted by atomic mass is 9.68. The maximum Gasteiger partial charge on any atom is 0.286 e. The minimum atomic E-state index is -3.69. The third kappa shape index (κ3) is 7.29. The highest BCUT2D eigenvalue weighted by atomic mass is 35.5. The van der Waals surface area contributed by atoms with E-state index in [4.69, 9.17) is 25.8 Å². The molecule has 2 N–H and O–H groups in total. The number of aliphatic hydroxyl groups excluding tert-OH is 1. The molecule has 0 unspecified atom stereocenters. The van der Waals surface area contributed by atoms with Gasteiger partial charge in [-0.25, -0.2) is 4.21 Å². The lowest BCUT2D eigenvalue weighted by Gasteiger charge is -2.46. The van der Waals surface area contributed by atoms with Crippen molar-refractivity contribution in [1.29, 1.82) is 0 Å². The zero-order valence-corrected chi connectivity index (χ0v) is 31.8. The topological polar surface area (TPSA) is 145 Å². The number of halogens is 1. The summed E-state index contributed by atoms with van der Waals surface area (Å²) in [5, 5.41) is 16.2. The maximum atomic E-state index is 14.6. The number of hydrogen-bond donors (Lipinski definition) is 2. The molecule has 1 saturated carbocycles. The Bertz CT molecular complexity index is 1980. The molecule has 52 heavy (non-hydrogen) atoms. The Balaban J connectivity index is 1.31. The van der Waals surface area contributed by atoms with Gasteiger partial charge in [-0.05, 0) is 104 Å². The van der Waals surface area contributed by atoms with Gasteiger partial charge in [-0.2, -0.15) is 0 Å². The lowest BCUT2D eigenvalue weighted by molar-refractivity contribution is -0.0450. The van der Waals surface area contributed by atoms with Gasteiger partial charge in [0, 0.05) is 49.4 Å². The van der Waals surface area contributed by atoms with Gasteiger partial charge in [-0.15, -0.1) is 9.46 Å². The Morgan fingerprint density at radius 2 is 2.00 bits per heavy atom. The fraction of sp³-hybridized carbons (Fsp3) is 0.553. The molecule has 14 heteroatoms. The number of benzene rings is 2. The Kier molecular flexibility index (Phi) is 10.3. The highest BCUT2D eigenvalue weighted by Gasteiger charge is 2.45. The third-order valence-corrected chi connectivity index (χ3v) is 13.6. The number of aromatic nitrogens is 2. The first kappa shape index (κ1) is 36.7. The molecule has 3 aromatic rings. The number of fused-ring (bicyclic) bond motifs is 4. The van der Waals surface area contributed by atoms with Crippen LogP contribution in [0.25, 0.3) is 0 Å². The fourth-order valence-corrected chi connectivity index (χ4v) is 10.9. The number of carbonyl (C=O) groups is 2. The van der Waals surface area contributed by atoms with E-state index in [1.807, 2.05) is 13.0 Å². The number of ether oxygens (including phenoxy) is 3. The van der Waals surface area contributed by atoms with E-state index in [0.29, 0.717) is 37.8 Å². The Morgan fingerprint density at radius 1 is 1.17 bits per heavy atom. The van der Waals surface area contributed by atoms with Crippen molar-refractivity contribution in [3.05, 3.63) is 69.9 Å². The minimum Gasteiger partial charge on any atom is -0.490 e. The van der Waals surface area contributed by atoms with Crippen molar-refractivity contribution in [2.24, 2.45) is 29.2 Å². The molecule has 1 spiro atoms. The number of methoxy groups -OCH3 is 2. The second kappa shape index (κ2) is 14.6. The number of anilines is 1.